The van der Waals surface area contributed by atoms with Gasteiger partial charge < -0.3 is 20.1 Å². The molecule has 136 valence electrons. The molecule has 25 heavy (non-hydrogen) atoms. The monoisotopic (exact) mass is 341 g/mol. The van der Waals surface area contributed by atoms with Crippen LogP contribution in [0.5, 0.6) is 0 Å². The summed E-state index contributed by atoms with van der Waals surface area (Å²) in [5, 5.41) is 6.93. The summed E-state index contributed by atoms with van der Waals surface area (Å²) in [6.07, 6.45) is 8.84. The second-order valence-electron chi connectivity index (χ2n) is 6.89. The van der Waals surface area contributed by atoms with E-state index in [0.29, 0.717) is 6.04 Å². The van der Waals surface area contributed by atoms with Crippen molar-refractivity contribution in [1.82, 2.24) is 20.2 Å². The van der Waals surface area contributed by atoms with Gasteiger partial charge in [0.15, 0.2) is 0 Å². The van der Waals surface area contributed by atoms with Crippen LogP contribution < -0.4 is 15.5 Å². The van der Waals surface area contributed by atoms with E-state index in [-0.39, 0.29) is 0 Å². The molecule has 0 unspecified atom stereocenters. The molecule has 1 aromatic heterocycles. The van der Waals surface area contributed by atoms with E-state index < -0.39 is 0 Å². The molecule has 1 aliphatic heterocycles. The van der Waals surface area contributed by atoms with Crippen molar-refractivity contribution < 1.29 is 0 Å². The summed E-state index contributed by atoms with van der Waals surface area (Å²) in [7, 11) is 2.02. The first-order chi connectivity index (χ1) is 12.3. The third kappa shape index (κ3) is 4.83. The van der Waals surface area contributed by atoms with Crippen LogP contribution in [-0.4, -0.2) is 48.8 Å². The zero-order chi connectivity index (χ0) is 17.5. The number of imidazole rings is 1. The highest BCUT2D eigenvalue weighted by molar-refractivity contribution is 5.51. The fourth-order valence-electron chi connectivity index (χ4n) is 3.55. The number of anilines is 1. The Morgan fingerprint density at radius 1 is 1.04 bits per heavy atom. The predicted molar refractivity (Wildman–Crippen MR) is 105 cm³/mol. The summed E-state index contributed by atoms with van der Waals surface area (Å²) in [6.45, 7) is 6.57. The van der Waals surface area contributed by atoms with Crippen LogP contribution in [0.3, 0.4) is 0 Å². The maximum atomic E-state index is 4.30. The van der Waals surface area contributed by atoms with Gasteiger partial charge in [0.25, 0.3) is 0 Å². The average Bonchev–Trinajstić information content (AvgIpc) is 3.08. The van der Waals surface area contributed by atoms with E-state index in [2.05, 4.69) is 49.4 Å². The number of nitrogens with zero attached hydrogens (tertiary/aromatic N) is 3. The number of aryl methyl sites for hydroxylation is 1. The van der Waals surface area contributed by atoms with Gasteiger partial charge in [-0.25, -0.2) is 4.98 Å². The SMILES string of the molecule is CNCCCCNC1CCN(c2ccc(-n3ccnc3C)cc2)CC1. The number of piperidine rings is 1. The molecule has 5 heteroatoms. The molecule has 0 bridgehead atoms. The van der Waals surface area contributed by atoms with E-state index in [1.54, 1.807) is 0 Å². The van der Waals surface area contributed by atoms with Gasteiger partial charge in [-0.05, 0) is 77.0 Å². The molecule has 1 aromatic carbocycles. The lowest BCUT2D eigenvalue weighted by Crippen LogP contribution is -2.42. The van der Waals surface area contributed by atoms with E-state index in [9.17, 15) is 0 Å². The Bertz CT molecular complexity index is 626. The second-order valence-corrected chi connectivity index (χ2v) is 6.89. The lowest BCUT2D eigenvalue weighted by Gasteiger charge is -2.34. The van der Waals surface area contributed by atoms with Gasteiger partial charge in [0.2, 0.25) is 0 Å². The fourth-order valence-corrected chi connectivity index (χ4v) is 3.55. The first-order valence-electron chi connectivity index (χ1n) is 9.51. The maximum Gasteiger partial charge on any atom is 0.110 e. The highest BCUT2D eigenvalue weighted by Crippen LogP contribution is 2.22. The number of nitrogens with one attached hydrogen (secondary N) is 2. The number of benzene rings is 1. The average molecular weight is 342 g/mol. The molecule has 2 aromatic rings. The maximum absolute atomic E-state index is 4.30. The molecule has 1 saturated heterocycles. The van der Waals surface area contributed by atoms with Crippen LogP contribution in [0.4, 0.5) is 5.69 Å². The Balaban J connectivity index is 1.46. The number of hydrogen-bond acceptors (Lipinski definition) is 4. The second kappa shape index (κ2) is 9.02. The Morgan fingerprint density at radius 2 is 1.72 bits per heavy atom. The molecule has 5 nitrogen and oxygen atoms in total. The van der Waals surface area contributed by atoms with E-state index in [1.165, 1.54) is 37.1 Å². The van der Waals surface area contributed by atoms with E-state index >= 15 is 0 Å². The highest BCUT2D eigenvalue weighted by Gasteiger charge is 2.18. The Morgan fingerprint density at radius 3 is 2.36 bits per heavy atom. The zero-order valence-electron chi connectivity index (χ0n) is 15.5. The van der Waals surface area contributed by atoms with E-state index in [4.69, 9.17) is 0 Å². The van der Waals surface area contributed by atoms with Crippen molar-refractivity contribution in [2.75, 3.05) is 38.1 Å². The van der Waals surface area contributed by atoms with Crippen LogP contribution in [0.25, 0.3) is 5.69 Å². The van der Waals surface area contributed by atoms with Crippen molar-refractivity contribution in [3.63, 3.8) is 0 Å². The molecule has 2 heterocycles. The molecule has 1 fully saturated rings. The van der Waals surface area contributed by atoms with Gasteiger partial charge in [0.05, 0.1) is 0 Å². The van der Waals surface area contributed by atoms with Crippen molar-refractivity contribution in [1.29, 1.82) is 0 Å². The van der Waals surface area contributed by atoms with Gasteiger partial charge in [-0.2, -0.15) is 0 Å². The normalized spacial score (nSPS) is 15.7. The van der Waals surface area contributed by atoms with Gasteiger partial charge in [0, 0.05) is 42.9 Å². The minimum Gasteiger partial charge on any atom is -0.371 e. The number of hydrogen-bond donors (Lipinski definition) is 2. The summed E-state index contributed by atoms with van der Waals surface area (Å²) in [5.41, 5.74) is 2.51. The topological polar surface area (TPSA) is 45.1 Å². The van der Waals surface area contributed by atoms with Crippen molar-refractivity contribution in [2.45, 2.75) is 38.6 Å². The minimum atomic E-state index is 0.679. The summed E-state index contributed by atoms with van der Waals surface area (Å²) in [5.74, 6) is 1.02. The number of aromatic nitrogens is 2. The van der Waals surface area contributed by atoms with E-state index in [1.807, 2.05) is 26.4 Å². The van der Waals surface area contributed by atoms with Crippen LogP contribution in [0.15, 0.2) is 36.7 Å². The van der Waals surface area contributed by atoms with Gasteiger partial charge in [0.1, 0.15) is 5.82 Å². The predicted octanol–water partition coefficient (Wildman–Crippen LogP) is 2.74. The Labute approximate surface area is 151 Å². The summed E-state index contributed by atoms with van der Waals surface area (Å²) < 4.78 is 2.12. The minimum absolute atomic E-state index is 0.679. The number of rotatable bonds is 8. The third-order valence-electron chi connectivity index (χ3n) is 5.10. The van der Waals surface area contributed by atoms with Crippen molar-refractivity contribution in [3.05, 3.63) is 42.5 Å². The third-order valence-corrected chi connectivity index (χ3v) is 5.10. The first-order valence-corrected chi connectivity index (χ1v) is 9.51. The molecule has 2 N–H and O–H groups in total. The largest absolute Gasteiger partial charge is 0.371 e. The molecule has 0 amide bonds. The fraction of sp³-hybridized carbons (Fsp3) is 0.550. The van der Waals surface area contributed by atoms with Gasteiger partial charge in [-0.3, -0.25) is 0 Å². The molecule has 0 aliphatic carbocycles. The lowest BCUT2D eigenvalue weighted by molar-refractivity contribution is 0.410. The first kappa shape index (κ1) is 18.0. The Hall–Kier alpha value is -1.85. The smallest absolute Gasteiger partial charge is 0.110 e. The zero-order valence-corrected chi connectivity index (χ0v) is 15.5. The van der Waals surface area contributed by atoms with Crippen LogP contribution in [-0.2, 0) is 0 Å². The molecule has 0 radical (unpaired) electrons. The quantitative estimate of drug-likeness (QED) is 0.725. The van der Waals surface area contributed by atoms with Crippen LogP contribution in [0.2, 0.25) is 0 Å². The molecule has 0 spiro atoms. The lowest BCUT2D eigenvalue weighted by atomic mass is 10.0. The van der Waals surface area contributed by atoms with Crippen molar-refractivity contribution >= 4 is 5.69 Å². The standard InChI is InChI=1S/C20H31N5/c1-17-22-13-16-25(17)20-7-5-19(6-8-20)24-14-9-18(10-15-24)23-12-4-3-11-21-2/h5-8,13,16,18,21,23H,3-4,9-12,14-15H2,1-2H3. The molecule has 0 saturated carbocycles. The molecule has 0 atom stereocenters. The van der Waals surface area contributed by atoms with Crippen LogP contribution in [0.1, 0.15) is 31.5 Å². The molecular weight excluding hydrogens is 310 g/mol. The van der Waals surface area contributed by atoms with Crippen LogP contribution >= 0.6 is 0 Å². The van der Waals surface area contributed by atoms with Crippen molar-refractivity contribution in [2.24, 2.45) is 0 Å². The number of unbranched alkanes of at least 4 members (excludes halogenated alkanes) is 1. The van der Waals surface area contributed by atoms with E-state index in [0.717, 1.165) is 32.0 Å². The van der Waals surface area contributed by atoms with Crippen LogP contribution in [0, 0.1) is 6.92 Å². The molecule has 3 rings (SSSR count). The molecular formula is C20H31N5. The summed E-state index contributed by atoms with van der Waals surface area (Å²) in [6, 6.07) is 9.53. The highest BCUT2D eigenvalue weighted by atomic mass is 15.1. The summed E-state index contributed by atoms with van der Waals surface area (Å²) >= 11 is 0. The Kier molecular flexibility index (Phi) is 6.48. The summed E-state index contributed by atoms with van der Waals surface area (Å²) in [4.78, 5) is 6.80. The van der Waals surface area contributed by atoms with Crippen molar-refractivity contribution in [3.8, 4) is 5.69 Å². The van der Waals surface area contributed by atoms with Gasteiger partial charge in [-0.1, -0.05) is 0 Å². The van der Waals surface area contributed by atoms with Gasteiger partial charge >= 0.3 is 0 Å². The van der Waals surface area contributed by atoms with Gasteiger partial charge in [-0.15, -0.1) is 0 Å². The molecule has 1 aliphatic rings.